The average Bonchev–Trinajstić information content (AvgIpc) is 3.15. The zero-order chi connectivity index (χ0) is 23.0. The van der Waals surface area contributed by atoms with Gasteiger partial charge in [-0.15, -0.1) is 0 Å². The maximum absolute atomic E-state index is 12.5. The van der Waals surface area contributed by atoms with Crippen molar-refractivity contribution in [2.24, 2.45) is 0 Å². The molecule has 3 aromatic carbocycles. The van der Waals surface area contributed by atoms with Crippen LogP contribution in [0.15, 0.2) is 103 Å². The number of amides is 1. The van der Waals surface area contributed by atoms with Crippen molar-refractivity contribution in [1.82, 2.24) is 5.32 Å². The van der Waals surface area contributed by atoms with Gasteiger partial charge in [0, 0.05) is 12.3 Å². The normalized spacial score (nSPS) is 12.6. The first kappa shape index (κ1) is 22.1. The van der Waals surface area contributed by atoms with Crippen molar-refractivity contribution in [1.29, 1.82) is 0 Å². The minimum absolute atomic E-state index is 0.0830. The van der Waals surface area contributed by atoms with Crippen molar-refractivity contribution >= 4 is 12.1 Å². The Morgan fingerprint density at radius 1 is 0.758 bits per heavy atom. The van der Waals surface area contributed by atoms with Crippen LogP contribution in [0.3, 0.4) is 0 Å². The summed E-state index contributed by atoms with van der Waals surface area (Å²) in [4.78, 5) is 24.3. The summed E-state index contributed by atoms with van der Waals surface area (Å²) in [5.41, 5.74) is 5.26. The quantitative estimate of drug-likeness (QED) is 0.543. The third-order valence-corrected chi connectivity index (χ3v) is 5.66. The standard InChI is InChI=1S/C28H25NO4/c30-27(31)26(18-20-12-6-4-2-1-3-5-7-13-20)29-28(32)33-19-25-23-16-10-8-14-21(23)22-15-9-11-17-24(22)25/h1-17,25-26H,18-19H2,(H,29,32)(H,30,31). The fraction of sp³-hybridized carbons (Fsp3) is 0.143. The number of aliphatic carboxylic acids is 1. The number of fused-ring (bicyclic) bond motifs is 3. The highest BCUT2D eigenvalue weighted by molar-refractivity contribution is 5.81. The van der Waals surface area contributed by atoms with Gasteiger partial charge in [-0.2, -0.15) is 0 Å². The Morgan fingerprint density at radius 2 is 1.24 bits per heavy atom. The van der Waals surface area contributed by atoms with Crippen molar-refractivity contribution in [3.8, 4) is 11.1 Å². The molecule has 0 bridgehead atoms. The zero-order valence-electron chi connectivity index (χ0n) is 18.1. The fourth-order valence-electron chi connectivity index (χ4n) is 4.09. The summed E-state index contributed by atoms with van der Waals surface area (Å²) >= 11 is 0. The first-order chi connectivity index (χ1) is 16.1. The van der Waals surface area contributed by atoms with E-state index >= 15 is 0 Å². The Kier molecular flexibility index (Phi) is 7.00. The second-order valence-electron chi connectivity index (χ2n) is 7.82. The molecule has 0 radical (unpaired) electrons. The van der Waals surface area contributed by atoms with E-state index in [4.69, 9.17) is 4.74 Å². The van der Waals surface area contributed by atoms with Crippen LogP contribution in [0, 0.1) is 0 Å². The van der Waals surface area contributed by atoms with Gasteiger partial charge in [0.25, 0.3) is 0 Å². The van der Waals surface area contributed by atoms with Gasteiger partial charge >= 0.3 is 12.1 Å². The highest BCUT2D eigenvalue weighted by Crippen LogP contribution is 2.44. The summed E-state index contributed by atoms with van der Waals surface area (Å²) in [6, 6.07) is 31.7. The lowest BCUT2D eigenvalue weighted by Gasteiger charge is -2.17. The summed E-state index contributed by atoms with van der Waals surface area (Å²) < 4.78 is 5.51. The monoisotopic (exact) mass is 439 g/mol. The van der Waals surface area contributed by atoms with E-state index in [9.17, 15) is 14.7 Å². The number of benzene rings is 2. The highest BCUT2D eigenvalue weighted by Gasteiger charge is 2.29. The largest absolute Gasteiger partial charge is 0.480 e. The van der Waals surface area contributed by atoms with Crippen molar-refractivity contribution in [3.63, 3.8) is 0 Å². The van der Waals surface area contributed by atoms with E-state index in [1.807, 2.05) is 91.0 Å². The molecule has 0 fully saturated rings. The minimum Gasteiger partial charge on any atom is -0.480 e. The number of carbonyl (C=O) groups excluding carboxylic acids is 1. The summed E-state index contributed by atoms with van der Waals surface area (Å²) in [5, 5.41) is 12.2. The summed E-state index contributed by atoms with van der Waals surface area (Å²) in [6.45, 7) is 0.134. The number of hydrogen-bond donors (Lipinski definition) is 2. The molecule has 1 unspecified atom stereocenters. The topological polar surface area (TPSA) is 75.6 Å². The summed E-state index contributed by atoms with van der Waals surface area (Å²) in [7, 11) is 0. The van der Waals surface area contributed by atoms with Gasteiger partial charge < -0.3 is 15.2 Å². The lowest BCUT2D eigenvalue weighted by atomic mass is 9.98. The Hall–Kier alpha value is -4.12. The molecule has 1 aliphatic rings. The number of hydrogen-bond acceptors (Lipinski definition) is 3. The molecule has 166 valence electrons. The highest BCUT2D eigenvalue weighted by atomic mass is 16.5. The average molecular weight is 440 g/mol. The number of carboxylic acid groups (broad SMARTS) is 1. The number of carbonyl (C=O) groups is 2. The molecule has 0 aliphatic heterocycles. The molecule has 0 saturated heterocycles. The minimum atomic E-state index is -1.12. The van der Waals surface area contributed by atoms with Gasteiger partial charge in [0.1, 0.15) is 12.6 Å². The molecule has 0 heterocycles. The third-order valence-electron chi connectivity index (χ3n) is 5.66. The SMILES string of the molecule is O=C(NC(Cc1ccccccccc1)C(=O)O)OCC1c2ccccc2-c2ccccc21. The molecule has 4 rings (SSSR count). The van der Waals surface area contributed by atoms with Gasteiger partial charge in [-0.3, -0.25) is 0 Å². The first-order valence-electron chi connectivity index (χ1n) is 10.8. The van der Waals surface area contributed by atoms with Crippen LogP contribution in [0.5, 0.6) is 0 Å². The molecular formula is C28H25NO4. The maximum Gasteiger partial charge on any atom is 0.407 e. The molecule has 1 atom stereocenters. The van der Waals surface area contributed by atoms with Crippen LogP contribution in [0.1, 0.15) is 22.6 Å². The van der Waals surface area contributed by atoms with Crippen molar-refractivity contribution < 1.29 is 19.4 Å². The number of nitrogens with one attached hydrogen (secondary N) is 1. The fourth-order valence-corrected chi connectivity index (χ4v) is 4.09. The van der Waals surface area contributed by atoms with Gasteiger partial charge in [0.15, 0.2) is 0 Å². The van der Waals surface area contributed by atoms with Crippen LogP contribution in [0.4, 0.5) is 4.79 Å². The molecule has 0 aromatic heterocycles. The Labute approximate surface area is 193 Å². The molecule has 33 heavy (non-hydrogen) atoms. The number of carboxylic acids is 1. The van der Waals surface area contributed by atoms with Crippen LogP contribution in [0.25, 0.3) is 11.1 Å². The lowest BCUT2D eigenvalue weighted by molar-refractivity contribution is -0.139. The maximum atomic E-state index is 12.5. The molecular weight excluding hydrogens is 414 g/mol. The van der Waals surface area contributed by atoms with Crippen LogP contribution in [-0.2, 0) is 16.0 Å². The van der Waals surface area contributed by atoms with Gasteiger partial charge in [-0.1, -0.05) is 103 Å². The molecule has 5 heteroatoms. The van der Waals surface area contributed by atoms with Gasteiger partial charge in [-0.25, -0.2) is 9.59 Å². The third kappa shape index (κ3) is 5.39. The Bertz CT molecular complexity index is 1130. The number of alkyl carbamates (subject to hydrolysis) is 1. The summed E-state index contributed by atoms with van der Waals surface area (Å²) in [5.74, 6) is -1.20. The van der Waals surface area contributed by atoms with Crippen molar-refractivity contribution in [2.45, 2.75) is 18.4 Å². The smallest absolute Gasteiger partial charge is 0.407 e. The number of rotatable bonds is 6. The van der Waals surface area contributed by atoms with E-state index in [0.29, 0.717) is 0 Å². The van der Waals surface area contributed by atoms with Gasteiger partial charge in [0.05, 0.1) is 0 Å². The van der Waals surface area contributed by atoms with E-state index in [0.717, 1.165) is 27.8 Å². The van der Waals surface area contributed by atoms with E-state index in [1.54, 1.807) is 0 Å². The molecule has 2 N–H and O–H groups in total. The second kappa shape index (κ2) is 10.5. The molecule has 0 spiro atoms. The van der Waals surface area contributed by atoms with Crippen molar-refractivity contribution in [2.75, 3.05) is 6.61 Å². The molecule has 3 aromatic rings. The Balaban J connectivity index is 1.44. The van der Waals surface area contributed by atoms with Gasteiger partial charge in [0.2, 0.25) is 0 Å². The van der Waals surface area contributed by atoms with Crippen LogP contribution in [-0.4, -0.2) is 29.8 Å². The molecule has 0 saturated carbocycles. The molecule has 1 amide bonds. The zero-order valence-corrected chi connectivity index (χ0v) is 18.1. The van der Waals surface area contributed by atoms with E-state index in [1.165, 1.54) is 0 Å². The predicted octanol–water partition coefficient (Wildman–Crippen LogP) is 5.35. The van der Waals surface area contributed by atoms with E-state index in [-0.39, 0.29) is 18.9 Å². The summed E-state index contributed by atoms with van der Waals surface area (Å²) in [6.07, 6.45) is -0.607. The van der Waals surface area contributed by atoms with E-state index < -0.39 is 18.1 Å². The van der Waals surface area contributed by atoms with Crippen LogP contribution < -0.4 is 5.32 Å². The lowest BCUT2D eigenvalue weighted by Crippen LogP contribution is -2.42. The first-order valence-corrected chi connectivity index (χ1v) is 10.8. The van der Waals surface area contributed by atoms with Crippen molar-refractivity contribution in [3.05, 3.63) is 120 Å². The van der Waals surface area contributed by atoms with Crippen LogP contribution in [0.2, 0.25) is 0 Å². The molecule has 1 aliphatic carbocycles. The van der Waals surface area contributed by atoms with Crippen LogP contribution >= 0.6 is 0 Å². The second-order valence-corrected chi connectivity index (χ2v) is 7.82. The Morgan fingerprint density at radius 3 is 1.79 bits per heavy atom. The van der Waals surface area contributed by atoms with E-state index in [2.05, 4.69) is 17.4 Å². The predicted molar refractivity (Wildman–Crippen MR) is 127 cm³/mol. The number of ether oxygens (including phenoxy) is 1. The van der Waals surface area contributed by atoms with Gasteiger partial charge in [-0.05, 0) is 27.8 Å². The molecule has 5 nitrogen and oxygen atoms in total.